The van der Waals surface area contributed by atoms with E-state index in [1.807, 2.05) is 6.07 Å². The van der Waals surface area contributed by atoms with Crippen molar-refractivity contribution in [3.05, 3.63) is 24.0 Å². The number of nitrogens with zero attached hydrogens (tertiary/aromatic N) is 2. The Bertz CT molecular complexity index is 606. The minimum absolute atomic E-state index is 0.266. The lowest BCUT2D eigenvalue weighted by Crippen LogP contribution is -2.06. The number of aromatic nitrogens is 3. The molecule has 2 heterocycles. The Kier molecular flexibility index (Phi) is 3.24. The van der Waals surface area contributed by atoms with Gasteiger partial charge in [-0.3, -0.25) is 5.10 Å². The molecule has 0 aromatic carbocycles. The topological polar surface area (TPSA) is 98.7 Å². The Hall–Kier alpha value is -2.57. The van der Waals surface area contributed by atoms with Crippen molar-refractivity contribution in [2.45, 2.75) is 18.9 Å². The zero-order valence-electron chi connectivity index (χ0n) is 11.1. The first-order valence-corrected chi connectivity index (χ1v) is 6.46. The zero-order valence-corrected chi connectivity index (χ0v) is 11.1. The molecule has 7 heteroatoms. The maximum atomic E-state index is 7.54. The Labute approximate surface area is 116 Å². The van der Waals surface area contributed by atoms with Gasteiger partial charge in [0.05, 0.1) is 23.6 Å². The van der Waals surface area contributed by atoms with E-state index in [0.29, 0.717) is 22.9 Å². The van der Waals surface area contributed by atoms with E-state index < -0.39 is 0 Å². The molecule has 3 rings (SSSR count). The Balaban J connectivity index is 1.94. The molecule has 0 atom stereocenters. The summed E-state index contributed by atoms with van der Waals surface area (Å²) in [6.07, 6.45) is 7.08. The summed E-state index contributed by atoms with van der Waals surface area (Å²) in [6, 6.07) is 1.81. The third-order valence-corrected chi connectivity index (χ3v) is 2.99. The van der Waals surface area contributed by atoms with Gasteiger partial charge in [0.2, 0.25) is 0 Å². The molecule has 0 unspecified atom stereocenters. The van der Waals surface area contributed by atoms with E-state index in [2.05, 4.69) is 25.8 Å². The van der Waals surface area contributed by atoms with Crippen molar-refractivity contribution in [1.29, 1.82) is 5.41 Å². The normalized spacial score (nSPS) is 13.8. The minimum atomic E-state index is 0.266. The third kappa shape index (κ3) is 2.56. The van der Waals surface area contributed by atoms with Gasteiger partial charge in [0.1, 0.15) is 17.4 Å². The predicted molar refractivity (Wildman–Crippen MR) is 77.2 cm³/mol. The van der Waals surface area contributed by atoms with E-state index in [4.69, 9.17) is 10.1 Å². The number of rotatable bonds is 6. The summed E-state index contributed by atoms with van der Waals surface area (Å²) in [6.45, 7) is 0. The van der Waals surface area contributed by atoms with Crippen LogP contribution in [-0.2, 0) is 0 Å². The molecule has 1 fully saturated rings. The molecular formula is C13H16N6O. The van der Waals surface area contributed by atoms with Crippen LogP contribution in [0.5, 0.6) is 5.75 Å². The van der Waals surface area contributed by atoms with Gasteiger partial charge in [-0.1, -0.05) is 0 Å². The van der Waals surface area contributed by atoms with Crippen molar-refractivity contribution in [3.63, 3.8) is 0 Å². The van der Waals surface area contributed by atoms with E-state index in [-0.39, 0.29) is 6.10 Å². The predicted octanol–water partition coefficient (Wildman–Crippen LogP) is 2.13. The van der Waals surface area contributed by atoms with Crippen LogP contribution in [0, 0.1) is 5.41 Å². The fourth-order valence-corrected chi connectivity index (χ4v) is 1.86. The fourth-order valence-electron chi connectivity index (χ4n) is 1.86. The van der Waals surface area contributed by atoms with Gasteiger partial charge in [-0.15, -0.1) is 0 Å². The molecule has 20 heavy (non-hydrogen) atoms. The lowest BCUT2D eigenvalue weighted by Gasteiger charge is -2.14. The van der Waals surface area contributed by atoms with E-state index in [1.54, 1.807) is 19.4 Å². The molecule has 2 aromatic rings. The molecule has 1 aliphatic carbocycles. The van der Waals surface area contributed by atoms with Gasteiger partial charge in [-0.05, 0) is 12.8 Å². The van der Waals surface area contributed by atoms with Gasteiger partial charge in [-0.25, -0.2) is 4.98 Å². The second-order valence-electron chi connectivity index (χ2n) is 4.59. The molecule has 0 radical (unpaired) electrons. The summed E-state index contributed by atoms with van der Waals surface area (Å²) < 4.78 is 5.85. The average molecular weight is 272 g/mol. The van der Waals surface area contributed by atoms with Crippen LogP contribution in [0.25, 0.3) is 0 Å². The van der Waals surface area contributed by atoms with Crippen LogP contribution in [0.2, 0.25) is 0 Å². The largest absolute Gasteiger partial charge is 0.489 e. The van der Waals surface area contributed by atoms with Crippen LogP contribution < -0.4 is 15.4 Å². The van der Waals surface area contributed by atoms with Crippen molar-refractivity contribution in [2.75, 3.05) is 17.7 Å². The van der Waals surface area contributed by atoms with Crippen LogP contribution in [0.3, 0.4) is 0 Å². The highest BCUT2D eigenvalue weighted by atomic mass is 16.5. The number of H-pyrrole nitrogens is 1. The number of hydrogen-bond acceptors (Lipinski definition) is 6. The van der Waals surface area contributed by atoms with Gasteiger partial charge in [-0.2, -0.15) is 5.10 Å². The second-order valence-corrected chi connectivity index (χ2v) is 4.59. The molecule has 7 nitrogen and oxygen atoms in total. The lowest BCUT2D eigenvalue weighted by atomic mass is 10.2. The molecule has 0 spiro atoms. The van der Waals surface area contributed by atoms with Gasteiger partial charge in [0.15, 0.2) is 0 Å². The highest BCUT2D eigenvalue weighted by molar-refractivity contribution is 5.89. The molecule has 2 aromatic heterocycles. The number of anilines is 3. The van der Waals surface area contributed by atoms with Crippen LogP contribution in [0.15, 0.2) is 18.5 Å². The lowest BCUT2D eigenvalue weighted by molar-refractivity contribution is 0.303. The standard InChI is InChI=1S/C13H16N6O/c1-15-13-10(5-14)11(20-9-2-3-9)4-12(19-13)18-8-6-16-17-7-8/h4-7,9,14H,2-3H2,1H3,(H,16,17)(H2,15,18,19). The molecule has 0 aliphatic heterocycles. The molecule has 0 saturated heterocycles. The molecule has 1 aliphatic rings. The second kappa shape index (κ2) is 5.20. The monoisotopic (exact) mass is 272 g/mol. The van der Waals surface area contributed by atoms with Crippen LogP contribution >= 0.6 is 0 Å². The summed E-state index contributed by atoms with van der Waals surface area (Å²) in [5.41, 5.74) is 1.48. The highest BCUT2D eigenvalue weighted by Crippen LogP contribution is 2.33. The van der Waals surface area contributed by atoms with E-state index in [9.17, 15) is 0 Å². The fraction of sp³-hybridized carbons (Fsp3) is 0.308. The summed E-state index contributed by atoms with van der Waals surface area (Å²) in [5, 5.41) is 20.3. The molecule has 0 bridgehead atoms. The molecule has 1 saturated carbocycles. The zero-order chi connectivity index (χ0) is 13.9. The molecule has 4 N–H and O–H groups in total. The van der Waals surface area contributed by atoms with Crippen molar-refractivity contribution < 1.29 is 4.74 Å². The average Bonchev–Trinajstić information content (AvgIpc) is 3.12. The molecular weight excluding hydrogens is 256 g/mol. The van der Waals surface area contributed by atoms with Crippen molar-refractivity contribution in [2.24, 2.45) is 0 Å². The maximum absolute atomic E-state index is 7.54. The van der Waals surface area contributed by atoms with E-state index >= 15 is 0 Å². The Morgan fingerprint density at radius 3 is 2.95 bits per heavy atom. The van der Waals surface area contributed by atoms with Gasteiger partial charge in [0, 0.05) is 25.5 Å². The van der Waals surface area contributed by atoms with Crippen LogP contribution in [0.4, 0.5) is 17.3 Å². The first-order chi connectivity index (χ1) is 9.80. The van der Waals surface area contributed by atoms with Crippen molar-refractivity contribution >= 4 is 23.5 Å². The number of aromatic amines is 1. The summed E-state index contributed by atoms with van der Waals surface area (Å²) >= 11 is 0. The first-order valence-electron chi connectivity index (χ1n) is 6.46. The number of pyridine rings is 1. The van der Waals surface area contributed by atoms with Crippen LogP contribution in [0.1, 0.15) is 18.4 Å². The van der Waals surface area contributed by atoms with Crippen molar-refractivity contribution in [3.8, 4) is 5.75 Å². The number of nitrogens with one attached hydrogen (secondary N) is 4. The minimum Gasteiger partial charge on any atom is -0.489 e. The molecule has 0 amide bonds. The van der Waals surface area contributed by atoms with E-state index in [1.165, 1.54) is 6.21 Å². The summed E-state index contributed by atoms with van der Waals surface area (Å²) in [5.74, 6) is 1.94. The first kappa shape index (κ1) is 12.5. The Morgan fingerprint density at radius 2 is 2.35 bits per heavy atom. The van der Waals surface area contributed by atoms with Gasteiger partial charge < -0.3 is 20.8 Å². The SMILES string of the molecule is CNc1nc(Nc2cn[nH]c2)cc(OC2CC2)c1C=N. The number of ether oxygens (including phenoxy) is 1. The maximum Gasteiger partial charge on any atom is 0.140 e. The van der Waals surface area contributed by atoms with Crippen LogP contribution in [-0.4, -0.2) is 34.5 Å². The van der Waals surface area contributed by atoms with Crippen molar-refractivity contribution in [1.82, 2.24) is 15.2 Å². The van der Waals surface area contributed by atoms with E-state index in [0.717, 1.165) is 18.5 Å². The number of hydrogen-bond donors (Lipinski definition) is 4. The van der Waals surface area contributed by atoms with Gasteiger partial charge >= 0.3 is 0 Å². The smallest absolute Gasteiger partial charge is 0.140 e. The summed E-state index contributed by atoms with van der Waals surface area (Å²) in [4.78, 5) is 4.43. The quantitative estimate of drug-likeness (QED) is 0.604. The molecule has 104 valence electrons. The summed E-state index contributed by atoms with van der Waals surface area (Å²) in [7, 11) is 1.78. The Morgan fingerprint density at radius 1 is 1.50 bits per heavy atom. The third-order valence-electron chi connectivity index (χ3n) is 2.99. The highest BCUT2D eigenvalue weighted by Gasteiger charge is 2.25. The van der Waals surface area contributed by atoms with Gasteiger partial charge in [0.25, 0.3) is 0 Å².